The lowest BCUT2D eigenvalue weighted by Gasteiger charge is -2.18. The van der Waals surface area contributed by atoms with Crippen molar-refractivity contribution < 1.29 is 64.8 Å². The molecular formula is C28H84N17O12+. The Kier molecular flexibility index (Phi) is 79.2. The zero-order chi connectivity index (χ0) is 40.5. The number of nitrogens with two attached hydrogens (primary N) is 12. The number of aliphatic hydroxyl groups is 1. The molecule has 352 valence electrons. The van der Waals surface area contributed by atoms with Crippen molar-refractivity contribution in [1.82, 2.24) is 22.9 Å². The van der Waals surface area contributed by atoms with Crippen molar-refractivity contribution in [3.8, 4) is 0 Å². The maximum Gasteiger partial charge on any atom is 0.338 e. The Morgan fingerprint density at radius 2 is 0.860 bits per heavy atom. The van der Waals surface area contributed by atoms with E-state index in [1.807, 2.05) is 0 Å². The highest BCUT2D eigenvalue weighted by Crippen LogP contribution is 1.94. The van der Waals surface area contributed by atoms with Crippen LogP contribution in [0.4, 0.5) is 9.59 Å². The van der Waals surface area contributed by atoms with Gasteiger partial charge in [-0.15, -0.1) is 0 Å². The lowest BCUT2D eigenvalue weighted by molar-refractivity contribution is -0.459. The number of carbonyl (C=O) groups is 6. The molecule has 29 nitrogen and oxygen atoms in total. The van der Waals surface area contributed by atoms with Gasteiger partial charge < -0.3 is 94.5 Å². The van der Waals surface area contributed by atoms with Crippen LogP contribution in [0.2, 0.25) is 0 Å². The van der Waals surface area contributed by atoms with Gasteiger partial charge in [-0.1, -0.05) is 29.7 Å². The maximum absolute atomic E-state index is 10.2. The standard InChI is InChI=1S/C6H16N4O3.C6H14N4O2.C6H13N3O3.C5H12N2O2.CH4N2O.4CH4.2H3N.H2O/c7-4(5(11)12)2-1-3-10-6(8,9)13;7-4(5(11)12)2-1-3-10-6(8)9;7-4(5(10)11)2-1-3-9-6(8)12;6-3-1-2-4(7)5(8)9;2-1(3)4;;;;;;;/h4,10,13H,1-3,7-9H2,(H,11,12);4H,1-3,7H2,(H,11,12)(H4,8,9,10);4H,1-3,7H2,(H,10,11)(H3,8,9,12);4H,1-3,6-7H2,(H,8,9);(H4,2,3,4);4*1H4;2*1H3;1H2/p+1. The van der Waals surface area contributed by atoms with Crippen LogP contribution in [-0.4, -0.2) is 129 Å². The zero-order valence-corrected chi connectivity index (χ0v) is 29.8. The summed E-state index contributed by atoms with van der Waals surface area (Å²) >= 11 is 0. The van der Waals surface area contributed by atoms with Gasteiger partial charge in [0.2, 0.25) is 5.97 Å². The predicted octanol–water partition coefficient (Wildman–Crippen LogP) is -7.13. The van der Waals surface area contributed by atoms with Gasteiger partial charge in [0.05, 0.1) is 6.54 Å². The van der Waals surface area contributed by atoms with Crippen LogP contribution in [0.15, 0.2) is 0 Å². The van der Waals surface area contributed by atoms with Crippen molar-refractivity contribution in [3.05, 3.63) is 0 Å². The zero-order valence-electron chi connectivity index (χ0n) is 29.8. The number of hydrogen-bond acceptors (Lipinski definition) is 17. The fraction of sp³-hybridized carbons (Fsp3) is 0.750. The third-order valence-corrected chi connectivity index (χ3v) is 5.10. The van der Waals surface area contributed by atoms with Crippen LogP contribution in [0.1, 0.15) is 81.1 Å². The molecule has 4 atom stereocenters. The molecule has 40 N–H and O–H groups in total. The third-order valence-electron chi connectivity index (χ3n) is 5.10. The largest absolute Gasteiger partial charge is 0.480 e. The van der Waals surface area contributed by atoms with E-state index in [4.69, 9.17) is 87.7 Å². The van der Waals surface area contributed by atoms with Crippen LogP contribution in [0.25, 0.3) is 0 Å². The van der Waals surface area contributed by atoms with Crippen molar-refractivity contribution >= 4 is 41.9 Å². The Morgan fingerprint density at radius 1 is 0.579 bits per heavy atom. The molecule has 0 rings (SSSR count). The average molecular weight is 851 g/mol. The van der Waals surface area contributed by atoms with Gasteiger partial charge in [-0.2, -0.15) is 0 Å². The number of carboxylic acids is 4. The lowest BCUT2D eigenvalue weighted by Crippen LogP contribution is -2.78. The topological polar surface area (TPSA) is 655 Å². The number of rotatable bonds is 20. The molecule has 0 aliphatic carbocycles. The van der Waals surface area contributed by atoms with Crippen molar-refractivity contribution in [3.63, 3.8) is 0 Å². The van der Waals surface area contributed by atoms with Crippen molar-refractivity contribution in [1.29, 1.82) is 0 Å². The molecule has 0 saturated heterocycles. The van der Waals surface area contributed by atoms with Crippen LogP contribution in [0, 0.1) is 0 Å². The molecule has 0 fully saturated rings. The number of guanidine groups is 1. The number of primary amides is 3. The summed E-state index contributed by atoms with van der Waals surface area (Å²) in [5, 5.41) is 46.9. The number of hydrogen-bond donors (Lipinski definition) is 22. The summed E-state index contributed by atoms with van der Waals surface area (Å²) in [5.41, 5.74) is 59.4. The van der Waals surface area contributed by atoms with Gasteiger partial charge in [0.25, 0.3) is 0 Å². The van der Waals surface area contributed by atoms with E-state index in [0.717, 1.165) is 0 Å². The Bertz CT molecular complexity index is 988. The molecule has 0 aliphatic heterocycles. The second kappa shape index (κ2) is 53.3. The summed E-state index contributed by atoms with van der Waals surface area (Å²) in [5.74, 6) is -5.79. The molecule has 0 radical (unpaired) electrons. The molecule has 57 heavy (non-hydrogen) atoms. The first kappa shape index (κ1) is 84.7. The molecule has 4 unspecified atom stereocenters. The SMILES string of the molecule is C.C.C.C.N.N.NC(=O)NCCCC(N)C(=O)O.NC(CCCNC(N)(N)O)C(=O)O.NC(N)=O.NC(N)=[NH+]CCCC(N)C(=O)O.NCCCC(N)C(=O)O.O. The van der Waals surface area contributed by atoms with Crippen molar-refractivity contribution in [2.75, 3.05) is 26.2 Å². The summed E-state index contributed by atoms with van der Waals surface area (Å²) in [6.07, 6.45) is 3.80. The molecule has 4 amide bonds. The Balaban J connectivity index is -0.0000000443. The van der Waals surface area contributed by atoms with E-state index in [2.05, 4.69) is 27.1 Å². The highest BCUT2D eigenvalue weighted by atomic mass is 16.4. The van der Waals surface area contributed by atoms with Crippen LogP contribution < -0.4 is 96.7 Å². The normalized spacial score (nSPS) is 10.8. The number of carboxylic acid groups (broad SMARTS) is 4. The fourth-order valence-electron chi connectivity index (χ4n) is 2.53. The summed E-state index contributed by atoms with van der Waals surface area (Å²) in [7, 11) is 0. The molecule has 0 aromatic carbocycles. The molecule has 0 spiro atoms. The van der Waals surface area contributed by atoms with Gasteiger partial charge in [-0.3, -0.25) is 52.4 Å². The van der Waals surface area contributed by atoms with Crippen LogP contribution >= 0.6 is 0 Å². The quantitative estimate of drug-likeness (QED) is 0.0234. The molecule has 0 aliphatic rings. The van der Waals surface area contributed by atoms with E-state index in [1.165, 1.54) is 0 Å². The molecule has 0 aromatic rings. The van der Waals surface area contributed by atoms with Gasteiger partial charge in [0, 0.05) is 13.1 Å². The van der Waals surface area contributed by atoms with Gasteiger partial charge in [-0.05, 0) is 57.9 Å². The monoisotopic (exact) mass is 851 g/mol. The summed E-state index contributed by atoms with van der Waals surface area (Å²) in [6.45, 7) is 1.71. The number of carbonyl (C=O) groups excluding carboxylic acids is 2. The van der Waals surface area contributed by atoms with E-state index < -0.39 is 66.1 Å². The molecular weight excluding hydrogens is 766 g/mol. The summed E-state index contributed by atoms with van der Waals surface area (Å²) in [4.78, 5) is 62.5. The summed E-state index contributed by atoms with van der Waals surface area (Å²) < 4.78 is 0. The first-order chi connectivity index (χ1) is 22.8. The van der Waals surface area contributed by atoms with Crippen molar-refractivity contribution in [2.45, 2.75) is 111 Å². The number of urea groups is 2. The van der Waals surface area contributed by atoms with E-state index in [0.29, 0.717) is 77.5 Å². The second-order valence-corrected chi connectivity index (χ2v) is 9.96. The minimum Gasteiger partial charge on any atom is -0.480 e. The summed E-state index contributed by atoms with van der Waals surface area (Å²) in [6, 6.07) is -4.73. The number of nitrogens with one attached hydrogen (secondary N) is 3. The number of amides is 4. The predicted molar refractivity (Wildman–Crippen MR) is 221 cm³/mol. The fourth-order valence-corrected chi connectivity index (χ4v) is 2.53. The first-order valence-corrected chi connectivity index (χ1v) is 14.7. The van der Waals surface area contributed by atoms with E-state index in [9.17, 15) is 24.0 Å². The smallest absolute Gasteiger partial charge is 0.338 e. The van der Waals surface area contributed by atoms with Crippen molar-refractivity contribution in [2.24, 2.45) is 68.8 Å². The Labute approximate surface area is 335 Å². The lowest BCUT2D eigenvalue weighted by atomic mass is 10.2. The molecule has 29 heteroatoms. The average Bonchev–Trinajstić information content (AvgIpc) is 2.97. The van der Waals surface area contributed by atoms with Gasteiger partial charge in [-0.25, -0.2) is 9.59 Å². The highest BCUT2D eigenvalue weighted by Gasteiger charge is 2.14. The molecule has 0 bridgehead atoms. The molecule has 0 heterocycles. The minimum absolute atomic E-state index is 0. The number of aliphatic carboxylic acids is 4. The third kappa shape index (κ3) is 89.6. The maximum atomic E-state index is 10.2. The molecule has 0 saturated carbocycles. The van der Waals surface area contributed by atoms with Crippen LogP contribution in [0.5, 0.6) is 0 Å². The van der Waals surface area contributed by atoms with E-state index >= 15 is 0 Å². The Hall–Kier alpha value is -4.79. The van der Waals surface area contributed by atoms with Gasteiger partial charge in [0.15, 0.2) is 0 Å². The van der Waals surface area contributed by atoms with Crippen LogP contribution in [-0.2, 0) is 19.2 Å². The van der Waals surface area contributed by atoms with Crippen LogP contribution in [0.3, 0.4) is 0 Å². The van der Waals surface area contributed by atoms with Gasteiger partial charge >= 0.3 is 41.9 Å². The van der Waals surface area contributed by atoms with E-state index in [-0.39, 0.29) is 53.4 Å². The molecule has 0 aromatic heterocycles. The highest BCUT2D eigenvalue weighted by molar-refractivity contribution is 5.74. The Morgan fingerprint density at radius 3 is 1.11 bits per heavy atom. The first-order valence-electron chi connectivity index (χ1n) is 14.7. The second-order valence-electron chi connectivity index (χ2n) is 9.96. The minimum atomic E-state index is -1.91. The van der Waals surface area contributed by atoms with E-state index in [1.54, 1.807) is 0 Å². The van der Waals surface area contributed by atoms with Gasteiger partial charge in [0.1, 0.15) is 24.2 Å².